The summed E-state index contributed by atoms with van der Waals surface area (Å²) in [5.41, 5.74) is 0. The van der Waals surface area contributed by atoms with Crippen molar-refractivity contribution >= 4 is 21.6 Å². The minimum atomic E-state index is -3.41. The van der Waals surface area contributed by atoms with Crippen LogP contribution in [0.5, 0.6) is 0 Å². The molecule has 1 atom stereocenters. The molecule has 0 aromatic carbocycles. The summed E-state index contributed by atoms with van der Waals surface area (Å²) >= 11 is 5.64. The normalized spacial score (nSPS) is 21.8. The van der Waals surface area contributed by atoms with Gasteiger partial charge in [-0.3, -0.25) is 4.68 Å². The number of rotatable bonds is 5. The predicted octanol–water partition coefficient (Wildman–Crippen LogP) is 2.32. The number of alkyl halides is 1. The van der Waals surface area contributed by atoms with Crippen LogP contribution in [-0.4, -0.2) is 41.5 Å². The van der Waals surface area contributed by atoms with Gasteiger partial charge in [0.15, 0.2) is 0 Å². The van der Waals surface area contributed by atoms with Crippen molar-refractivity contribution in [1.82, 2.24) is 14.1 Å². The highest BCUT2D eigenvalue weighted by atomic mass is 35.5. The summed E-state index contributed by atoms with van der Waals surface area (Å²) < 4.78 is 28.4. The van der Waals surface area contributed by atoms with Crippen LogP contribution >= 0.6 is 11.6 Å². The van der Waals surface area contributed by atoms with Crippen molar-refractivity contribution in [3.8, 4) is 0 Å². The Morgan fingerprint density at radius 1 is 1.40 bits per heavy atom. The third kappa shape index (κ3) is 3.54. The highest BCUT2D eigenvalue weighted by Crippen LogP contribution is 2.24. The Bertz CT molecular complexity index is 529. The van der Waals surface area contributed by atoms with E-state index in [4.69, 9.17) is 11.6 Å². The van der Waals surface area contributed by atoms with Crippen LogP contribution in [0.15, 0.2) is 17.3 Å². The molecule has 1 aliphatic rings. The monoisotopic (exact) mass is 319 g/mol. The molecule has 0 N–H and O–H groups in total. The predicted molar refractivity (Wildman–Crippen MR) is 79.3 cm³/mol. The van der Waals surface area contributed by atoms with Crippen LogP contribution in [0.2, 0.25) is 0 Å². The van der Waals surface area contributed by atoms with Gasteiger partial charge < -0.3 is 0 Å². The van der Waals surface area contributed by atoms with Gasteiger partial charge in [-0.05, 0) is 25.2 Å². The first-order valence-electron chi connectivity index (χ1n) is 7.16. The summed E-state index contributed by atoms with van der Waals surface area (Å²) in [6.45, 7) is 3.92. The standard InChI is InChI=1S/C13H22ClN3O2S/c1-2-12-4-3-7-17(8-5-12)20(18,19)13-10-15-16(11-13)9-6-14/h10-12H,2-9H2,1H3. The lowest BCUT2D eigenvalue weighted by molar-refractivity contribution is 0.407. The molecule has 0 bridgehead atoms. The maximum Gasteiger partial charge on any atom is 0.246 e. The molecule has 1 saturated heterocycles. The molecule has 1 aliphatic heterocycles. The van der Waals surface area contributed by atoms with Gasteiger partial charge in [-0.15, -0.1) is 11.6 Å². The molecular formula is C13H22ClN3O2S. The van der Waals surface area contributed by atoms with Gasteiger partial charge in [0.05, 0.1) is 12.7 Å². The van der Waals surface area contributed by atoms with E-state index in [-0.39, 0.29) is 4.90 Å². The zero-order valence-electron chi connectivity index (χ0n) is 11.8. The van der Waals surface area contributed by atoms with Gasteiger partial charge in [0.25, 0.3) is 0 Å². The lowest BCUT2D eigenvalue weighted by atomic mass is 9.98. The largest absolute Gasteiger partial charge is 0.270 e. The summed E-state index contributed by atoms with van der Waals surface area (Å²) in [7, 11) is -3.41. The molecule has 5 nitrogen and oxygen atoms in total. The number of hydrogen-bond donors (Lipinski definition) is 0. The van der Waals surface area contributed by atoms with Crippen molar-refractivity contribution in [3.05, 3.63) is 12.4 Å². The topological polar surface area (TPSA) is 55.2 Å². The molecule has 1 fully saturated rings. The minimum absolute atomic E-state index is 0.276. The summed E-state index contributed by atoms with van der Waals surface area (Å²) in [6.07, 6.45) is 7.12. The Labute approximate surface area is 126 Å². The number of nitrogens with zero attached hydrogens (tertiary/aromatic N) is 3. The molecule has 0 amide bonds. The van der Waals surface area contributed by atoms with Gasteiger partial charge in [0, 0.05) is 25.2 Å². The van der Waals surface area contributed by atoms with Crippen LogP contribution in [-0.2, 0) is 16.6 Å². The fraction of sp³-hybridized carbons (Fsp3) is 0.769. The fourth-order valence-electron chi connectivity index (χ4n) is 2.62. The van der Waals surface area contributed by atoms with Crippen LogP contribution in [0.3, 0.4) is 0 Å². The molecule has 0 spiro atoms. The van der Waals surface area contributed by atoms with Gasteiger partial charge in [-0.25, -0.2) is 8.42 Å². The average Bonchev–Trinajstić information content (AvgIpc) is 2.76. The molecule has 1 aromatic heterocycles. The zero-order valence-corrected chi connectivity index (χ0v) is 13.4. The van der Waals surface area contributed by atoms with Crippen LogP contribution < -0.4 is 0 Å². The van der Waals surface area contributed by atoms with E-state index in [2.05, 4.69) is 12.0 Å². The van der Waals surface area contributed by atoms with Crippen LogP contribution in [0, 0.1) is 5.92 Å². The maximum atomic E-state index is 12.6. The third-order valence-electron chi connectivity index (χ3n) is 3.94. The van der Waals surface area contributed by atoms with Gasteiger partial charge in [0.1, 0.15) is 4.90 Å². The SMILES string of the molecule is CCC1CCCN(S(=O)(=O)c2cnn(CCCl)c2)CC1. The summed E-state index contributed by atoms with van der Waals surface area (Å²) in [4.78, 5) is 0.276. The zero-order chi connectivity index (χ0) is 14.6. The second kappa shape index (κ2) is 6.91. The van der Waals surface area contributed by atoms with Crippen molar-refractivity contribution in [3.63, 3.8) is 0 Å². The number of aromatic nitrogens is 2. The Morgan fingerprint density at radius 3 is 2.90 bits per heavy atom. The molecule has 114 valence electrons. The molecule has 7 heteroatoms. The molecule has 20 heavy (non-hydrogen) atoms. The van der Waals surface area contributed by atoms with E-state index in [1.54, 1.807) is 15.2 Å². The summed E-state index contributed by atoms with van der Waals surface area (Å²) in [6, 6.07) is 0. The maximum absolute atomic E-state index is 12.6. The first-order chi connectivity index (χ1) is 9.57. The Balaban J connectivity index is 2.12. The molecule has 1 unspecified atom stereocenters. The number of hydrogen-bond acceptors (Lipinski definition) is 3. The highest BCUT2D eigenvalue weighted by Gasteiger charge is 2.28. The van der Waals surface area contributed by atoms with E-state index in [1.165, 1.54) is 6.20 Å². The average molecular weight is 320 g/mol. The quantitative estimate of drug-likeness (QED) is 0.783. The molecule has 0 radical (unpaired) electrons. The number of halogens is 1. The van der Waals surface area contributed by atoms with Crippen LogP contribution in [0.4, 0.5) is 0 Å². The van der Waals surface area contributed by atoms with Crippen molar-refractivity contribution in [1.29, 1.82) is 0 Å². The smallest absolute Gasteiger partial charge is 0.246 e. The molecule has 2 heterocycles. The lowest BCUT2D eigenvalue weighted by Crippen LogP contribution is -2.31. The number of sulfonamides is 1. The minimum Gasteiger partial charge on any atom is -0.270 e. The first kappa shape index (κ1) is 15.8. The molecule has 0 saturated carbocycles. The van der Waals surface area contributed by atoms with Gasteiger partial charge >= 0.3 is 0 Å². The Morgan fingerprint density at radius 2 is 2.20 bits per heavy atom. The molecule has 2 rings (SSSR count). The molecule has 1 aromatic rings. The van der Waals surface area contributed by atoms with Gasteiger partial charge in [-0.2, -0.15) is 9.40 Å². The van der Waals surface area contributed by atoms with Crippen molar-refractivity contribution in [2.75, 3.05) is 19.0 Å². The summed E-state index contributed by atoms with van der Waals surface area (Å²) in [5, 5.41) is 4.05. The van der Waals surface area contributed by atoms with Crippen molar-refractivity contribution in [2.45, 2.75) is 44.0 Å². The second-order valence-corrected chi connectivity index (χ2v) is 7.55. The van der Waals surface area contributed by atoms with Crippen molar-refractivity contribution in [2.24, 2.45) is 5.92 Å². The van der Waals surface area contributed by atoms with Crippen LogP contribution in [0.1, 0.15) is 32.6 Å². The van der Waals surface area contributed by atoms with E-state index in [0.717, 1.165) is 25.7 Å². The second-order valence-electron chi connectivity index (χ2n) is 5.24. The summed E-state index contributed by atoms with van der Waals surface area (Å²) in [5.74, 6) is 1.07. The van der Waals surface area contributed by atoms with Crippen molar-refractivity contribution < 1.29 is 8.42 Å². The van der Waals surface area contributed by atoms with E-state index in [1.807, 2.05) is 0 Å². The van der Waals surface area contributed by atoms with E-state index < -0.39 is 10.0 Å². The first-order valence-corrected chi connectivity index (χ1v) is 9.14. The van der Waals surface area contributed by atoms with E-state index >= 15 is 0 Å². The fourth-order valence-corrected chi connectivity index (χ4v) is 4.25. The van der Waals surface area contributed by atoms with E-state index in [0.29, 0.717) is 31.4 Å². The van der Waals surface area contributed by atoms with Gasteiger partial charge in [0.2, 0.25) is 10.0 Å². The molecular weight excluding hydrogens is 298 g/mol. The van der Waals surface area contributed by atoms with Crippen LogP contribution in [0.25, 0.3) is 0 Å². The van der Waals surface area contributed by atoms with E-state index in [9.17, 15) is 8.42 Å². The molecule has 0 aliphatic carbocycles. The lowest BCUT2D eigenvalue weighted by Gasteiger charge is -2.19. The highest BCUT2D eigenvalue weighted by molar-refractivity contribution is 7.89. The Hall–Kier alpha value is -0.590. The van der Waals surface area contributed by atoms with Gasteiger partial charge in [-0.1, -0.05) is 13.3 Å². The Kier molecular flexibility index (Phi) is 5.46. The third-order valence-corrected chi connectivity index (χ3v) is 5.97. The number of aryl methyl sites for hydroxylation is 1.